The highest BCUT2D eigenvalue weighted by atomic mass is 32.2. The smallest absolute Gasteiger partial charge is 0.264 e. The van der Waals surface area contributed by atoms with E-state index in [9.17, 15) is 31.9 Å². The van der Waals surface area contributed by atoms with Crippen LogP contribution in [-0.4, -0.2) is 26.9 Å². The minimum Gasteiger partial charge on any atom is -0.545 e. The predicted molar refractivity (Wildman–Crippen MR) is 54.2 cm³/mol. The Balaban J connectivity index is 3.73. The van der Waals surface area contributed by atoms with E-state index in [1.807, 2.05) is 0 Å². The van der Waals surface area contributed by atoms with Crippen molar-refractivity contribution < 1.29 is 31.9 Å². The molecule has 0 heterocycles. The quantitative estimate of drug-likeness (QED) is 0.733. The van der Waals surface area contributed by atoms with Gasteiger partial charge in [0.15, 0.2) is 16.1 Å². The summed E-state index contributed by atoms with van der Waals surface area (Å²) in [5.41, 5.74) is -2.42. The van der Waals surface area contributed by atoms with Crippen molar-refractivity contribution in [3.63, 3.8) is 0 Å². The van der Waals surface area contributed by atoms with Crippen LogP contribution in [0.3, 0.4) is 0 Å². The van der Waals surface area contributed by atoms with Gasteiger partial charge < -0.3 is 9.90 Å². The highest BCUT2D eigenvalue weighted by molar-refractivity contribution is 7.90. The molecule has 0 N–H and O–H groups in total. The second-order valence-electron chi connectivity index (χ2n) is 3.46. The lowest BCUT2D eigenvalue weighted by molar-refractivity contribution is -0.255. The molecule has 0 fully saturated rings. The molecular weight excluding hydrogens is 270 g/mol. The number of aldehydes is 1. The molecule has 5 nitrogen and oxygen atoms in total. The zero-order valence-electron chi connectivity index (χ0n) is 9.01. The molecule has 1 aromatic carbocycles. The minimum atomic E-state index is -3.91. The van der Waals surface area contributed by atoms with Crippen LogP contribution in [0.4, 0.5) is 8.78 Å². The van der Waals surface area contributed by atoms with Gasteiger partial charge >= 0.3 is 0 Å². The summed E-state index contributed by atoms with van der Waals surface area (Å²) in [5, 5.41) is 10.7. The Morgan fingerprint density at radius 2 is 1.94 bits per heavy atom. The summed E-state index contributed by atoms with van der Waals surface area (Å²) < 4.78 is 47.8. The molecular formula is C10H7F2O5S-. The molecule has 0 aliphatic rings. The van der Waals surface area contributed by atoms with E-state index in [0.717, 1.165) is 6.26 Å². The maximum Gasteiger partial charge on any atom is 0.264 e. The van der Waals surface area contributed by atoms with Crippen LogP contribution in [0, 0.1) is 0 Å². The largest absolute Gasteiger partial charge is 0.545 e. The van der Waals surface area contributed by atoms with Crippen molar-refractivity contribution in [2.45, 2.75) is 11.3 Å². The number of rotatable bonds is 4. The van der Waals surface area contributed by atoms with E-state index in [2.05, 4.69) is 0 Å². The van der Waals surface area contributed by atoms with E-state index in [-0.39, 0.29) is 6.29 Å². The fourth-order valence-electron chi connectivity index (χ4n) is 1.38. The van der Waals surface area contributed by atoms with Gasteiger partial charge in [0.05, 0.1) is 10.9 Å². The zero-order valence-corrected chi connectivity index (χ0v) is 9.83. The van der Waals surface area contributed by atoms with Gasteiger partial charge in [0.25, 0.3) is 6.43 Å². The number of benzene rings is 1. The van der Waals surface area contributed by atoms with Crippen molar-refractivity contribution in [3.05, 3.63) is 28.8 Å². The Morgan fingerprint density at radius 1 is 1.39 bits per heavy atom. The average Bonchev–Trinajstić information content (AvgIpc) is 2.25. The van der Waals surface area contributed by atoms with Crippen molar-refractivity contribution in [1.29, 1.82) is 0 Å². The number of alkyl halides is 2. The van der Waals surface area contributed by atoms with Gasteiger partial charge in [-0.15, -0.1) is 0 Å². The van der Waals surface area contributed by atoms with Crippen molar-refractivity contribution in [1.82, 2.24) is 0 Å². The summed E-state index contributed by atoms with van der Waals surface area (Å²) in [6, 6.07) is 1.05. The lowest BCUT2D eigenvalue weighted by Gasteiger charge is -2.13. The molecule has 0 aliphatic carbocycles. The summed E-state index contributed by atoms with van der Waals surface area (Å²) in [5.74, 6) is -1.94. The van der Waals surface area contributed by atoms with Crippen LogP contribution < -0.4 is 5.11 Å². The number of sulfone groups is 1. The number of carboxylic acid groups (broad SMARTS) is 1. The summed E-state index contributed by atoms with van der Waals surface area (Å²) in [4.78, 5) is 20.7. The highest BCUT2D eigenvalue weighted by Gasteiger charge is 2.21. The predicted octanol–water partition coefficient (Wildman–Crippen LogP) is 0.204. The summed E-state index contributed by atoms with van der Waals surface area (Å²) in [6.07, 6.45) is -2.36. The Labute approximate surface area is 101 Å². The van der Waals surface area contributed by atoms with E-state index < -0.39 is 43.8 Å². The van der Waals surface area contributed by atoms with E-state index in [4.69, 9.17) is 0 Å². The Kier molecular flexibility index (Phi) is 3.80. The lowest BCUT2D eigenvalue weighted by atomic mass is 10.0. The monoisotopic (exact) mass is 277 g/mol. The Morgan fingerprint density at radius 3 is 2.28 bits per heavy atom. The van der Waals surface area contributed by atoms with Gasteiger partial charge in [-0.1, -0.05) is 0 Å². The Bertz CT molecular complexity index is 607. The number of carbonyl (C=O) groups excluding carboxylic acids is 2. The number of halogens is 2. The van der Waals surface area contributed by atoms with Crippen molar-refractivity contribution >= 4 is 22.1 Å². The molecule has 0 amide bonds. The molecule has 0 aromatic heterocycles. The number of hydrogen-bond donors (Lipinski definition) is 0. The van der Waals surface area contributed by atoms with E-state index >= 15 is 0 Å². The van der Waals surface area contributed by atoms with E-state index in [1.165, 1.54) is 0 Å². The first-order chi connectivity index (χ1) is 8.18. The first-order valence-electron chi connectivity index (χ1n) is 4.51. The van der Waals surface area contributed by atoms with E-state index in [1.54, 1.807) is 0 Å². The van der Waals surface area contributed by atoms with Gasteiger partial charge in [-0.3, -0.25) is 4.79 Å². The third-order valence-corrected chi connectivity index (χ3v) is 3.32. The Hall–Kier alpha value is -1.83. The van der Waals surface area contributed by atoms with Crippen LogP contribution in [-0.2, 0) is 9.84 Å². The third-order valence-electron chi connectivity index (χ3n) is 2.16. The SMILES string of the molecule is CS(=O)(=O)c1cc(C(=O)[O-])c(C(F)F)cc1C=O. The fourth-order valence-corrected chi connectivity index (χ4v) is 2.25. The average molecular weight is 277 g/mol. The van der Waals surface area contributed by atoms with Gasteiger partial charge in [-0.2, -0.15) is 0 Å². The van der Waals surface area contributed by atoms with Crippen LogP contribution in [0.5, 0.6) is 0 Å². The van der Waals surface area contributed by atoms with Crippen molar-refractivity contribution in [3.8, 4) is 0 Å². The van der Waals surface area contributed by atoms with Crippen molar-refractivity contribution in [2.75, 3.05) is 6.26 Å². The molecule has 0 aliphatic heterocycles. The molecule has 0 saturated heterocycles. The molecule has 18 heavy (non-hydrogen) atoms. The van der Waals surface area contributed by atoms with E-state index in [0.29, 0.717) is 12.1 Å². The second kappa shape index (κ2) is 4.81. The highest BCUT2D eigenvalue weighted by Crippen LogP contribution is 2.27. The zero-order chi connectivity index (χ0) is 14.1. The van der Waals surface area contributed by atoms with Crippen LogP contribution in [0.2, 0.25) is 0 Å². The molecule has 0 radical (unpaired) electrons. The molecule has 98 valence electrons. The number of hydrogen-bond acceptors (Lipinski definition) is 5. The number of carboxylic acids is 1. The van der Waals surface area contributed by atoms with Gasteiger partial charge in [-0.25, -0.2) is 17.2 Å². The second-order valence-corrected chi connectivity index (χ2v) is 5.44. The number of aromatic carboxylic acids is 1. The normalized spacial score (nSPS) is 11.6. The van der Waals surface area contributed by atoms with Crippen LogP contribution in [0.15, 0.2) is 17.0 Å². The summed E-state index contributed by atoms with van der Waals surface area (Å²) >= 11 is 0. The first kappa shape index (κ1) is 14.2. The summed E-state index contributed by atoms with van der Waals surface area (Å²) in [6.45, 7) is 0. The molecule has 1 rings (SSSR count). The molecule has 8 heteroatoms. The molecule has 1 aromatic rings. The lowest BCUT2D eigenvalue weighted by Crippen LogP contribution is -2.25. The molecule has 0 bridgehead atoms. The van der Waals surface area contributed by atoms with Crippen LogP contribution >= 0.6 is 0 Å². The summed E-state index contributed by atoms with van der Waals surface area (Å²) in [7, 11) is -3.91. The van der Waals surface area contributed by atoms with Crippen molar-refractivity contribution in [2.24, 2.45) is 0 Å². The number of carbonyl (C=O) groups is 2. The fraction of sp³-hybridized carbons (Fsp3) is 0.200. The van der Waals surface area contributed by atoms with Crippen LogP contribution in [0.25, 0.3) is 0 Å². The topological polar surface area (TPSA) is 91.3 Å². The van der Waals surface area contributed by atoms with Gasteiger partial charge in [0, 0.05) is 22.9 Å². The standard InChI is InChI=1S/C10H8F2O5S/c1-18(16,17)8-3-7(10(14)15)6(9(11)12)2-5(8)4-13/h2-4,9H,1H3,(H,14,15)/p-1. The van der Waals surface area contributed by atoms with Gasteiger partial charge in [0.2, 0.25) is 0 Å². The maximum absolute atomic E-state index is 12.6. The third kappa shape index (κ3) is 2.70. The van der Waals surface area contributed by atoms with Gasteiger partial charge in [0.1, 0.15) is 0 Å². The van der Waals surface area contributed by atoms with Crippen LogP contribution in [0.1, 0.15) is 32.7 Å². The molecule has 0 saturated carbocycles. The molecule has 0 spiro atoms. The molecule has 0 atom stereocenters. The maximum atomic E-state index is 12.6. The molecule has 0 unspecified atom stereocenters. The first-order valence-corrected chi connectivity index (χ1v) is 6.40. The van der Waals surface area contributed by atoms with Gasteiger partial charge in [-0.05, 0) is 12.1 Å². The minimum absolute atomic E-state index is 0.0708.